The van der Waals surface area contributed by atoms with Crippen molar-refractivity contribution in [2.75, 3.05) is 13.1 Å². The van der Waals surface area contributed by atoms with E-state index in [0.717, 1.165) is 12.1 Å². The van der Waals surface area contributed by atoms with Gasteiger partial charge in [-0.1, -0.05) is 17.7 Å². The van der Waals surface area contributed by atoms with Crippen LogP contribution in [-0.4, -0.2) is 24.0 Å². The summed E-state index contributed by atoms with van der Waals surface area (Å²) >= 11 is 5.63. The second kappa shape index (κ2) is 6.18. The number of rotatable bonds is 5. The molecule has 0 aliphatic heterocycles. The van der Waals surface area contributed by atoms with E-state index in [1.807, 2.05) is 6.07 Å². The molecule has 0 aromatic heterocycles. The Morgan fingerprint density at radius 3 is 2.62 bits per heavy atom. The highest BCUT2D eigenvalue weighted by molar-refractivity contribution is 6.30. The highest BCUT2D eigenvalue weighted by Crippen LogP contribution is 2.17. The van der Waals surface area contributed by atoms with Crippen LogP contribution in [0.3, 0.4) is 0 Å². The lowest BCUT2D eigenvalue weighted by Crippen LogP contribution is -2.34. The summed E-state index contributed by atoms with van der Waals surface area (Å²) in [5.74, 6) is -0.365. The fraction of sp³-hybridized carbons (Fsp3) is 0.500. The van der Waals surface area contributed by atoms with Crippen LogP contribution >= 0.6 is 11.6 Å². The van der Waals surface area contributed by atoms with E-state index in [-0.39, 0.29) is 10.8 Å². The van der Waals surface area contributed by atoms with Gasteiger partial charge in [0.25, 0.3) is 0 Å². The van der Waals surface area contributed by atoms with Gasteiger partial charge in [0.15, 0.2) is 0 Å². The number of nitrogens with two attached hydrogens (primary N) is 1. The maximum atomic E-state index is 13.2. The quantitative estimate of drug-likeness (QED) is 0.863. The number of nitrogens with zero attached hydrogens (tertiary/aromatic N) is 1. The van der Waals surface area contributed by atoms with E-state index < -0.39 is 0 Å². The Bertz CT molecular complexity index is 342. The molecule has 4 heteroatoms. The van der Waals surface area contributed by atoms with Crippen LogP contribution in [0.25, 0.3) is 0 Å². The molecule has 0 heterocycles. The minimum absolute atomic E-state index is 0.165. The first kappa shape index (κ1) is 13.4. The summed E-state index contributed by atoms with van der Waals surface area (Å²) in [4.78, 5) is 2.20. The van der Waals surface area contributed by atoms with E-state index in [1.165, 1.54) is 6.07 Å². The van der Waals surface area contributed by atoms with Crippen molar-refractivity contribution >= 4 is 11.6 Å². The van der Waals surface area contributed by atoms with Crippen molar-refractivity contribution in [2.45, 2.75) is 26.4 Å². The van der Waals surface area contributed by atoms with Gasteiger partial charge in [-0.15, -0.1) is 0 Å². The van der Waals surface area contributed by atoms with Crippen LogP contribution in [0.2, 0.25) is 5.02 Å². The molecule has 0 bridgehead atoms. The van der Waals surface area contributed by atoms with Crippen LogP contribution in [0.4, 0.5) is 4.39 Å². The van der Waals surface area contributed by atoms with Crippen LogP contribution in [0.5, 0.6) is 0 Å². The molecule has 1 aromatic rings. The summed E-state index contributed by atoms with van der Waals surface area (Å²) in [6.45, 7) is 6.31. The Kier molecular flexibility index (Phi) is 5.19. The van der Waals surface area contributed by atoms with Crippen LogP contribution in [-0.2, 0) is 6.54 Å². The Morgan fingerprint density at radius 1 is 1.44 bits per heavy atom. The minimum atomic E-state index is -0.365. The standard InChI is InChI=1S/C12H18ClFN2/c1-9(2)16(6-5-15)8-10-3-4-11(13)12(14)7-10/h3-4,7,9H,5-6,8,15H2,1-2H3. The molecule has 0 unspecified atom stereocenters. The van der Waals surface area contributed by atoms with Crippen molar-refractivity contribution in [3.8, 4) is 0 Å². The molecule has 0 atom stereocenters. The highest BCUT2D eigenvalue weighted by atomic mass is 35.5. The van der Waals surface area contributed by atoms with Crippen LogP contribution in [0, 0.1) is 5.82 Å². The summed E-state index contributed by atoms with van der Waals surface area (Å²) < 4.78 is 13.2. The van der Waals surface area contributed by atoms with Crippen molar-refractivity contribution in [3.63, 3.8) is 0 Å². The Morgan fingerprint density at radius 2 is 2.12 bits per heavy atom. The van der Waals surface area contributed by atoms with Crippen molar-refractivity contribution in [3.05, 3.63) is 34.6 Å². The second-order valence-corrected chi connectivity index (χ2v) is 4.51. The van der Waals surface area contributed by atoms with E-state index in [4.69, 9.17) is 17.3 Å². The van der Waals surface area contributed by atoms with Crippen molar-refractivity contribution in [1.82, 2.24) is 4.90 Å². The first-order chi connectivity index (χ1) is 7.54. The third-order valence-electron chi connectivity index (χ3n) is 2.52. The molecule has 2 nitrogen and oxygen atoms in total. The van der Waals surface area contributed by atoms with E-state index in [1.54, 1.807) is 6.07 Å². The van der Waals surface area contributed by atoms with Crippen LogP contribution < -0.4 is 5.73 Å². The van der Waals surface area contributed by atoms with Crippen molar-refractivity contribution < 1.29 is 4.39 Å². The molecule has 0 aliphatic carbocycles. The normalized spacial score (nSPS) is 11.4. The molecular weight excluding hydrogens is 227 g/mol. The van der Waals surface area contributed by atoms with Gasteiger partial charge >= 0.3 is 0 Å². The fourth-order valence-corrected chi connectivity index (χ4v) is 1.68. The predicted octanol–water partition coefficient (Wildman–Crippen LogP) is 2.65. The lowest BCUT2D eigenvalue weighted by atomic mass is 10.2. The molecule has 0 spiro atoms. The van der Waals surface area contributed by atoms with Gasteiger partial charge in [-0.3, -0.25) is 4.90 Å². The van der Waals surface area contributed by atoms with Crippen LogP contribution in [0.1, 0.15) is 19.4 Å². The number of benzene rings is 1. The number of halogens is 2. The van der Waals surface area contributed by atoms with E-state index in [9.17, 15) is 4.39 Å². The van der Waals surface area contributed by atoms with E-state index >= 15 is 0 Å². The molecule has 90 valence electrons. The minimum Gasteiger partial charge on any atom is -0.329 e. The van der Waals surface area contributed by atoms with Gasteiger partial charge in [-0.05, 0) is 31.5 Å². The largest absolute Gasteiger partial charge is 0.329 e. The Balaban J connectivity index is 2.73. The Labute approximate surface area is 101 Å². The maximum absolute atomic E-state index is 13.2. The van der Waals surface area contributed by atoms with Gasteiger partial charge in [0.2, 0.25) is 0 Å². The lowest BCUT2D eigenvalue weighted by molar-refractivity contribution is 0.219. The molecule has 0 radical (unpaired) electrons. The fourth-order valence-electron chi connectivity index (χ4n) is 1.56. The lowest BCUT2D eigenvalue weighted by Gasteiger charge is -2.25. The van der Waals surface area contributed by atoms with Gasteiger partial charge in [0, 0.05) is 25.7 Å². The zero-order chi connectivity index (χ0) is 12.1. The predicted molar refractivity (Wildman–Crippen MR) is 66.0 cm³/mol. The van der Waals surface area contributed by atoms with Crippen molar-refractivity contribution in [1.29, 1.82) is 0 Å². The monoisotopic (exact) mass is 244 g/mol. The smallest absolute Gasteiger partial charge is 0.142 e. The SMILES string of the molecule is CC(C)N(CCN)Cc1ccc(Cl)c(F)c1. The molecule has 0 saturated carbocycles. The molecule has 1 rings (SSSR count). The summed E-state index contributed by atoms with van der Waals surface area (Å²) in [7, 11) is 0. The summed E-state index contributed by atoms with van der Waals surface area (Å²) in [6.07, 6.45) is 0. The molecular formula is C12H18ClFN2. The van der Waals surface area contributed by atoms with Gasteiger partial charge in [-0.2, -0.15) is 0 Å². The maximum Gasteiger partial charge on any atom is 0.142 e. The van der Waals surface area contributed by atoms with Crippen LogP contribution in [0.15, 0.2) is 18.2 Å². The molecule has 1 aromatic carbocycles. The molecule has 16 heavy (non-hydrogen) atoms. The molecule has 2 N–H and O–H groups in total. The summed E-state index contributed by atoms with van der Waals surface area (Å²) in [5, 5.41) is 0.165. The average Bonchev–Trinajstić information content (AvgIpc) is 2.22. The average molecular weight is 245 g/mol. The number of hydrogen-bond donors (Lipinski definition) is 1. The van der Waals surface area contributed by atoms with Crippen molar-refractivity contribution in [2.24, 2.45) is 5.73 Å². The third-order valence-corrected chi connectivity index (χ3v) is 2.82. The van der Waals surface area contributed by atoms with E-state index in [0.29, 0.717) is 19.1 Å². The highest BCUT2D eigenvalue weighted by Gasteiger charge is 2.10. The first-order valence-corrected chi connectivity index (χ1v) is 5.80. The second-order valence-electron chi connectivity index (χ2n) is 4.10. The zero-order valence-electron chi connectivity index (χ0n) is 9.71. The Hall–Kier alpha value is -0.640. The third kappa shape index (κ3) is 3.74. The number of hydrogen-bond acceptors (Lipinski definition) is 2. The van der Waals surface area contributed by atoms with Gasteiger partial charge < -0.3 is 5.73 Å². The van der Waals surface area contributed by atoms with Gasteiger partial charge in [0.05, 0.1) is 5.02 Å². The zero-order valence-corrected chi connectivity index (χ0v) is 10.5. The summed E-state index contributed by atoms with van der Waals surface area (Å²) in [6, 6.07) is 5.31. The molecule has 0 fully saturated rings. The van der Waals surface area contributed by atoms with E-state index in [2.05, 4.69) is 18.7 Å². The molecule has 0 aliphatic rings. The van der Waals surface area contributed by atoms with Gasteiger partial charge in [0.1, 0.15) is 5.82 Å². The first-order valence-electron chi connectivity index (χ1n) is 5.42. The molecule has 0 saturated heterocycles. The summed E-state index contributed by atoms with van der Waals surface area (Å²) in [5.41, 5.74) is 6.46. The molecule has 0 amide bonds. The van der Waals surface area contributed by atoms with Gasteiger partial charge in [-0.25, -0.2) is 4.39 Å². The topological polar surface area (TPSA) is 29.3 Å².